The molecule has 1 rings (SSSR count). The molecule has 0 saturated heterocycles. The van der Waals surface area contributed by atoms with Gasteiger partial charge in [0.1, 0.15) is 0 Å². The minimum Gasteiger partial charge on any atom is -0.392 e. The number of hydrogen-bond acceptors (Lipinski definition) is 3. The van der Waals surface area contributed by atoms with Gasteiger partial charge in [-0.15, -0.1) is 0 Å². The topological polar surface area (TPSA) is 63.4 Å². The first-order valence-corrected chi connectivity index (χ1v) is 4.48. The quantitative estimate of drug-likeness (QED) is 0.659. The van der Waals surface area contributed by atoms with Crippen molar-refractivity contribution in [3.63, 3.8) is 0 Å². The third-order valence-corrected chi connectivity index (χ3v) is 1.89. The van der Waals surface area contributed by atoms with Crippen molar-refractivity contribution in [3.05, 3.63) is 45.5 Å². The van der Waals surface area contributed by atoms with Crippen LogP contribution in [-0.2, 0) is 6.18 Å². The minimum atomic E-state index is -4.65. The van der Waals surface area contributed by atoms with Crippen molar-refractivity contribution in [2.45, 2.75) is 6.18 Å². The number of benzene rings is 1. The van der Waals surface area contributed by atoms with E-state index in [4.69, 9.17) is 5.11 Å². The maximum absolute atomic E-state index is 12.4. The van der Waals surface area contributed by atoms with Crippen molar-refractivity contribution in [2.75, 3.05) is 6.61 Å². The smallest absolute Gasteiger partial charge is 0.392 e. The molecule has 17 heavy (non-hydrogen) atoms. The number of rotatable bonds is 3. The molecule has 0 atom stereocenters. The third kappa shape index (κ3) is 3.56. The number of alkyl halides is 3. The number of nitro benzene ring substituents is 1. The lowest BCUT2D eigenvalue weighted by atomic mass is 10.1. The van der Waals surface area contributed by atoms with Crippen molar-refractivity contribution in [1.82, 2.24) is 0 Å². The second-order valence-electron chi connectivity index (χ2n) is 3.15. The predicted octanol–water partition coefficient (Wildman–Crippen LogP) is 2.62. The van der Waals surface area contributed by atoms with Gasteiger partial charge in [0, 0.05) is 12.1 Å². The van der Waals surface area contributed by atoms with E-state index in [2.05, 4.69) is 0 Å². The number of hydrogen-bond donors (Lipinski definition) is 1. The molecule has 0 bridgehead atoms. The van der Waals surface area contributed by atoms with Gasteiger partial charge < -0.3 is 5.11 Å². The van der Waals surface area contributed by atoms with Crippen LogP contribution in [0.25, 0.3) is 6.08 Å². The summed E-state index contributed by atoms with van der Waals surface area (Å²) in [6, 6.07) is 2.25. The van der Waals surface area contributed by atoms with Crippen LogP contribution in [0, 0.1) is 10.1 Å². The molecule has 0 aliphatic carbocycles. The molecule has 0 amide bonds. The van der Waals surface area contributed by atoms with E-state index in [9.17, 15) is 23.3 Å². The molecule has 92 valence electrons. The number of halogens is 3. The van der Waals surface area contributed by atoms with E-state index in [0.717, 1.165) is 12.1 Å². The minimum absolute atomic E-state index is 0.0144. The third-order valence-electron chi connectivity index (χ3n) is 1.89. The summed E-state index contributed by atoms with van der Waals surface area (Å²) in [5.74, 6) is 0. The first-order chi connectivity index (χ1) is 7.84. The van der Waals surface area contributed by atoms with Gasteiger partial charge in [-0.2, -0.15) is 13.2 Å². The monoisotopic (exact) mass is 247 g/mol. The number of aliphatic hydroxyl groups is 1. The molecule has 0 spiro atoms. The summed E-state index contributed by atoms with van der Waals surface area (Å²) >= 11 is 0. The van der Waals surface area contributed by atoms with Gasteiger partial charge in [-0.25, -0.2) is 0 Å². The molecule has 0 saturated carbocycles. The Morgan fingerprint density at radius 3 is 2.47 bits per heavy atom. The number of aliphatic hydroxyl groups excluding tert-OH is 1. The maximum atomic E-state index is 12.4. The lowest BCUT2D eigenvalue weighted by molar-refractivity contribution is -0.385. The molecule has 0 aliphatic heterocycles. The summed E-state index contributed by atoms with van der Waals surface area (Å²) in [7, 11) is 0. The average Bonchev–Trinajstić information content (AvgIpc) is 2.24. The van der Waals surface area contributed by atoms with Gasteiger partial charge in [0.2, 0.25) is 0 Å². The van der Waals surface area contributed by atoms with Crippen LogP contribution < -0.4 is 0 Å². The summed E-state index contributed by atoms with van der Waals surface area (Å²) in [4.78, 5) is 9.57. The first kappa shape index (κ1) is 13.2. The van der Waals surface area contributed by atoms with Gasteiger partial charge in [0.25, 0.3) is 5.69 Å². The standard InChI is InChI=1S/C10H8F3NO3/c11-10(12,13)8-4-7(2-1-3-15)5-9(6-8)14(16)17/h1-2,4-6,15H,3H2. The zero-order valence-electron chi connectivity index (χ0n) is 8.44. The zero-order chi connectivity index (χ0) is 13.1. The highest BCUT2D eigenvalue weighted by Crippen LogP contribution is 2.32. The van der Waals surface area contributed by atoms with Gasteiger partial charge in [0.05, 0.1) is 17.1 Å². The summed E-state index contributed by atoms with van der Waals surface area (Å²) < 4.78 is 37.3. The zero-order valence-corrected chi connectivity index (χ0v) is 8.44. The van der Waals surface area contributed by atoms with Gasteiger partial charge in [-0.1, -0.05) is 12.2 Å². The van der Waals surface area contributed by atoms with Crippen LogP contribution in [0.2, 0.25) is 0 Å². The summed E-state index contributed by atoms with van der Waals surface area (Å²) in [5, 5.41) is 19.0. The van der Waals surface area contributed by atoms with E-state index in [1.165, 1.54) is 12.2 Å². The summed E-state index contributed by atoms with van der Waals surface area (Å²) in [6.45, 7) is -0.357. The molecule has 0 heterocycles. The van der Waals surface area contributed by atoms with Crippen LogP contribution in [0.3, 0.4) is 0 Å². The molecular weight excluding hydrogens is 239 g/mol. The van der Waals surface area contributed by atoms with Crippen molar-refractivity contribution in [1.29, 1.82) is 0 Å². The Kier molecular flexibility index (Phi) is 3.84. The number of non-ortho nitro benzene ring substituents is 1. The molecule has 0 fully saturated rings. The van der Waals surface area contributed by atoms with E-state index < -0.39 is 22.4 Å². The number of nitro groups is 1. The van der Waals surface area contributed by atoms with Gasteiger partial charge in [0.15, 0.2) is 0 Å². The Morgan fingerprint density at radius 1 is 1.35 bits per heavy atom. The lowest BCUT2D eigenvalue weighted by Gasteiger charge is -2.07. The maximum Gasteiger partial charge on any atom is 0.416 e. The summed E-state index contributed by atoms with van der Waals surface area (Å²) in [5.41, 5.74) is -1.72. The largest absolute Gasteiger partial charge is 0.416 e. The van der Waals surface area contributed by atoms with Gasteiger partial charge >= 0.3 is 6.18 Å². The van der Waals surface area contributed by atoms with Crippen LogP contribution >= 0.6 is 0 Å². The fraction of sp³-hybridized carbons (Fsp3) is 0.200. The second kappa shape index (κ2) is 4.96. The van der Waals surface area contributed by atoms with Crippen molar-refractivity contribution < 1.29 is 23.2 Å². The highest BCUT2D eigenvalue weighted by Gasteiger charge is 2.32. The fourth-order valence-electron chi connectivity index (χ4n) is 1.19. The number of nitrogens with zero attached hydrogens (tertiary/aromatic N) is 1. The van der Waals surface area contributed by atoms with E-state index in [0.29, 0.717) is 6.07 Å². The predicted molar refractivity (Wildman–Crippen MR) is 54.2 cm³/mol. The molecule has 1 aromatic carbocycles. The van der Waals surface area contributed by atoms with Crippen LogP contribution in [0.5, 0.6) is 0 Å². The lowest BCUT2D eigenvalue weighted by Crippen LogP contribution is -2.06. The highest BCUT2D eigenvalue weighted by atomic mass is 19.4. The van der Waals surface area contributed by atoms with Crippen LogP contribution in [0.1, 0.15) is 11.1 Å². The van der Waals surface area contributed by atoms with E-state index in [1.54, 1.807) is 0 Å². The SMILES string of the molecule is O=[N+]([O-])c1cc(C=CCO)cc(C(F)(F)F)c1. The molecule has 0 radical (unpaired) electrons. The first-order valence-electron chi connectivity index (χ1n) is 4.48. The van der Waals surface area contributed by atoms with Crippen LogP contribution in [0.4, 0.5) is 18.9 Å². The Labute approximate surface area is 94.1 Å². The molecule has 0 unspecified atom stereocenters. The molecule has 0 aromatic heterocycles. The van der Waals surface area contributed by atoms with E-state index >= 15 is 0 Å². The fourth-order valence-corrected chi connectivity index (χ4v) is 1.19. The molecule has 4 nitrogen and oxygen atoms in total. The molecule has 1 N–H and O–H groups in total. The molecule has 7 heteroatoms. The second-order valence-corrected chi connectivity index (χ2v) is 3.15. The molecular formula is C10H8F3NO3. The van der Waals surface area contributed by atoms with Crippen LogP contribution in [0.15, 0.2) is 24.3 Å². The molecule has 1 aromatic rings. The molecule has 0 aliphatic rings. The van der Waals surface area contributed by atoms with Crippen molar-refractivity contribution in [3.8, 4) is 0 Å². The van der Waals surface area contributed by atoms with E-state index in [1.807, 2.05) is 0 Å². The Morgan fingerprint density at radius 2 is 2.00 bits per heavy atom. The van der Waals surface area contributed by atoms with Crippen LogP contribution in [-0.4, -0.2) is 16.6 Å². The highest BCUT2D eigenvalue weighted by molar-refractivity contribution is 5.55. The van der Waals surface area contributed by atoms with Crippen molar-refractivity contribution >= 4 is 11.8 Å². The Hall–Kier alpha value is -1.89. The Bertz CT molecular complexity index is 455. The Balaban J connectivity index is 3.29. The summed E-state index contributed by atoms with van der Waals surface area (Å²) in [6.07, 6.45) is -2.27. The van der Waals surface area contributed by atoms with Gasteiger partial charge in [-0.05, 0) is 11.6 Å². The van der Waals surface area contributed by atoms with E-state index in [-0.39, 0.29) is 12.2 Å². The van der Waals surface area contributed by atoms with Crippen molar-refractivity contribution in [2.24, 2.45) is 0 Å². The van der Waals surface area contributed by atoms with Gasteiger partial charge in [-0.3, -0.25) is 10.1 Å². The average molecular weight is 247 g/mol. The normalized spacial score (nSPS) is 12.0.